The number of aliphatic imine (C=N–C) groups is 1. The summed E-state index contributed by atoms with van der Waals surface area (Å²) >= 11 is 0. The highest BCUT2D eigenvalue weighted by Crippen LogP contribution is 2.33. The third-order valence-electron chi connectivity index (χ3n) is 6.32. The largest absolute Gasteiger partial charge is 0.355 e. The number of rotatable bonds is 5. The average Bonchev–Trinajstić information content (AvgIpc) is 3.15. The summed E-state index contributed by atoms with van der Waals surface area (Å²) in [4.78, 5) is 9.55. The van der Waals surface area contributed by atoms with E-state index in [1.165, 1.54) is 51.6 Å². The van der Waals surface area contributed by atoms with Crippen molar-refractivity contribution < 1.29 is 0 Å². The molecule has 140 valence electrons. The lowest BCUT2D eigenvalue weighted by Gasteiger charge is -2.37. The monoisotopic (exact) mass is 449 g/mol. The number of hydrogen-bond donors (Lipinski definition) is 2. The molecule has 0 aromatic carbocycles. The molecule has 1 aliphatic heterocycles. The molecule has 0 spiro atoms. The van der Waals surface area contributed by atoms with Crippen LogP contribution >= 0.6 is 24.0 Å². The molecule has 2 aliphatic carbocycles. The Bertz CT molecular complexity index is 429. The molecule has 0 aromatic heterocycles. The molecule has 2 saturated carbocycles. The van der Waals surface area contributed by atoms with Gasteiger partial charge in [-0.05, 0) is 45.7 Å². The van der Waals surface area contributed by atoms with Gasteiger partial charge >= 0.3 is 0 Å². The van der Waals surface area contributed by atoms with Crippen molar-refractivity contribution in [1.82, 2.24) is 20.4 Å². The van der Waals surface area contributed by atoms with Gasteiger partial charge in [0.15, 0.2) is 5.96 Å². The van der Waals surface area contributed by atoms with Crippen molar-refractivity contribution in [3.05, 3.63) is 0 Å². The molecule has 0 radical (unpaired) electrons. The zero-order valence-corrected chi connectivity index (χ0v) is 18.2. The highest BCUT2D eigenvalue weighted by molar-refractivity contribution is 14.0. The van der Waals surface area contributed by atoms with E-state index < -0.39 is 0 Å². The lowest BCUT2D eigenvalue weighted by molar-refractivity contribution is 0.160. The standard InChI is InChI=1S/C18H35N5.HI/c1-14-11-23(15-7-8-15)12-16(14)21-17(19-2)20-13-18(22(3)4)9-5-6-10-18;/h14-16H,5-13H2,1-4H3,(H2,19,20,21);1H. The number of halogens is 1. The predicted molar refractivity (Wildman–Crippen MR) is 112 cm³/mol. The van der Waals surface area contributed by atoms with Crippen LogP contribution in [-0.2, 0) is 0 Å². The van der Waals surface area contributed by atoms with Crippen molar-refractivity contribution in [1.29, 1.82) is 0 Å². The van der Waals surface area contributed by atoms with Crippen molar-refractivity contribution in [2.75, 3.05) is 40.8 Å². The van der Waals surface area contributed by atoms with Gasteiger partial charge in [0.25, 0.3) is 0 Å². The Balaban J connectivity index is 0.00000208. The summed E-state index contributed by atoms with van der Waals surface area (Å²) in [6.07, 6.45) is 8.08. The van der Waals surface area contributed by atoms with Gasteiger partial charge in [-0.25, -0.2) is 0 Å². The first-order chi connectivity index (χ1) is 11.0. The lowest BCUT2D eigenvalue weighted by atomic mass is 9.96. The average molecular weight is 449 g/mol. The van der Waals surface area contributed by atoms with Crippen molar-refractivity contribution in [3.63, 3.8) is 0 Å². The van der Waals surface area contributed by atoms with Gasteiger partial charge < -0.3 is 15.5 Å². The van der Waals surface area contributed by atoms with Crippen molar-refractivity contribution in [2.45, 2.75) is 63.1 Å². The third-order valence-corrected chi connectivity index (χ3v) is 6.32. The molecule has 24 heavy (non-hydrogen) atoms. The van der Waals surface area contributed by atoms with Crippen LogP contribution in [-0.4, -0.2) is 74.2 Å². The van der Waals surface area contributed by atoms with Crippen molar-refractivity contribution in [3.8, 4) is 0 Å². The zero-order valence-electron chi connectivity index (χ0n) is 15.8. The highest BCUT2D eigenvalue weighted by atomic mass is 127. The second-order valence-corrected chi connectivity index (χ2v) is 8.16. The fourth-order valence-electron chi connectivity index (χ4n) is 4.36. The van der Waals surface area contributed by atoms with Crippen LogP contribution in [0.25, 0.3) is 0 Å². The number of nitrogens with one attached hydrogen (secondary N) is 2. The zero-order chi connectivity index (χ0) is 16.4. The first-order valence-electron chi connectivity index (χ1n) is 9.43. The fourth-order valence-corrected chi connectivity index (χ4v) is 4.36. The van der Waals surface area contributed by atoms with Crippen molar-refractivity contribution in [2.24, 2.45) is 10.9 Å². The lowest BCUT2D eigenvalue weighted by Crippen LogP contribution is -2.54. The van der Waals surface area contributed by atoms with Crippen LogP contribution in [0.5, 0.6) is 0 Å². The van der Waals surface area contributed by atoms with E-state index in [2.05, 4.69) is 46.4 Å². The Morgan fingerprint density at radius 1 is 1.21 bits per heavy atom. The maximum atomic E-state index is 4.48. The van der Waals surface area contributed by atoms with Crippen molar-refractivity contribution >= 4 is 29.9 Å². The molecule has 3 aliphatic rings. The maximum absolute atomic E-state index is 4.48. The Kier molecular flexibility index (Phi) is 7.20. The molecular weight excluding hydrogens is 413 g/mol. The predicted octanol–water partition coefficient (Wildman–Crippen LogP) is 2.13. The van der Waals surface area contributed by atoms with E-state index >= 15 is 0 Å². The molecule has 1 saturated heterocycles. The minimum Gasteiger partial charge on any atom is -0.355 e. The van der Waals surface area contributed by atoms with Crippen LogP contribution in [0.4, 0.5) is 0 Å². The minimum absolute atomic E-state index is 0. The topological polar surface area (TPSA) is 42.9 Å². The Labute approximate surface area is 165 Å². The molecule has 0 bridgehead atoms. The number of likely N-dealkylation sites (N-methyl/N-ethyl adjacent to an activating group) is 1. The van der Waals surface area contributed by atoms with Gasteiger partial charge in [0.1, 0.15) is 0 Å². The second kappa shape index (κ2) is 8.54. The third kappa shape index (κ3) is 4.55. The molecule has 2 N–H and O–H groups in total. The molecule has 6 heteroatoms. The van der Waals surface area contributed by atoms with Crippen LogP contribution in [0, 0.1) is 5.92 Å². The molecule has 0 aromatic rings. The molecule has 2 atom stereocenters. The SMILES string of the molecule is CN=C(NCC1(N(C)C)CCCC1)NC1CN(C2CC2)CC1C.I. The first-order valence-corrected chi connectivity index (χ1v) is 9.43. The van der Waals surface area contributed by atoms with Gasteiger partial charge in [0, 0.05) is 44.3 Å². The van der Waals surface area contributed by atoms with E-state index in [9.17, 15) is 0 Å². The van der Waals surface area contributed by atoms with Crippen LogP contribution in [0.2, 0.25) is 0 Å². The number of nitrogens with zero attached hydrogens (tertiary/aromatic N) is 3. The molecule has 3 fully saturated rings. The van der Waals surface area contributed by atoms with Gasteiger partial charge in [0.05, 0.1) is 0 Å². The molecule has 0 amide bonds. The van der Waals surface area contributed by atoms with E-state index in [0.29, 0.717) is 17.5 Å². The van der Waals surface area contributed by atoms with Gasteiger partial charge in [-0.1, -0.05) is 19.8 Å². The number of hydrogen-bond acceptors (Lipinski definition) is 3. The summed E-state index contributed by atoms with van der Waals surface area (Å²) in [5.41, 5.74) is 0.305. The van der Waals surface area contributed by atoms with E-state index in [0.717, 1.165) is 18.5 Å². The quantitative estimate of drug-likeness (QED) is 0.384. The molecule has 5 nitrogen and oxygen atoms in total. The molecule has 2 unspecified atom stereocenters. The van der Waals surface area contributed by atoms with Gasteiger partial charge in [-0.3, -0.25) is 9.89 Å². The van der Waals surface area contributed by atoms with Gasteiger partial charge in [-0.15, -0.1) is 24.0 Å². The van der Waals surface area contributed by atoms with E-state index in [1.807, 2.05) is 7.05 Å². The summed E-state index contributed by atoms with van der Waals surface area (Å²) in [5, 5.41) is 7.31. The highest BCUT2D eigenvalue weighted by Gasteiger charge is 2.39. The summed E-state index contributed by atoms with van der Waals surface area (Å²) < 4.78 is 0. The summed E-state index contributed by atoms with van der Waals surface area (Å²) in [6.45, 7) is 5.77. The number of likely N-dealkylation sites (tertiary alicyclic amines) is 1. The normalized spacial score (nSPS) is 30.5. The molecule has 1 heterocycles. The van der Waals surface area contributed by atoms with E-state index in [-0.39, 0.29) is 24.0 Å². The fraction of sp³-hybridized carbons (Fsp3) is 0.944. The Morgan fingerprint density at radius 2 is 1.88 bits per heavy atom. The molecule has 3 rings (SSSR count). The summed E-state index contributed by atoms with van der Waals surface area (Å²) in [5.74, 6) is 1.68. The summed E-state index contributed by atoms with van der Waals surface area (Å²) in [6, 6.07) is 1.40. The van der Waals surface area contributed by atoms with Crippen LogP contribution in [0.1, 0.15) is 45.4 Å². The van der Waals surface area contributed by atoms with Crippen LogP contribution < -0.4 is 10.6 Å². The first kappa shape index (κ1) is 20.2. The minimum atomic E-state index is 0. The molecular formula is C18H36IN5. The number of guanidine groups is 1. The second-order valence-electron chi connectivity index (χ2n) is 8.16. The Hall–Kier alpha value is -0.0800. The Morgan fingerprint density at radius 3 is 2.42 bits per heavy atom. The smallest absolute Gasteiger partial charge is 0.191 e. The van der Waals surface area contributed by atoms with E-state index in [1.54, 1.807) is 0 Å². The van der Waals surface area contributed by atoms with Gasteiger partial charge in [0.2, 0.25) is 0 Å². The summed E-state index contributed by atoms with van der Waals surface area (Å²) in [7, 11) is 6.33. The maximum Gasteiger partial charge on any atom is 0.191 e. The van der Waals surface area contributed by atoms with Crippen LogP contribution in [0.15, 0.2) is 4.99 Å². The van der Waals surface area contributed by atoms with E-state index in [4.69, 9.17) is 0 Å². The van der Waals surface area contributed by atoms with Crippen LogP contribution in [0.3, 0.4) is 0 Å². The van der Waals surface area contributed by atoms with Gasteiger partial charge in [-0.2, -0.15) is 0 Å².